The number of hydrogen-bond donors (Lipinski definition) is 2. The van der Waals surface area contributed by atoms with Crippen LogP contribution in [0.4, 0.5) is 0 Å². The van der Waals surface area contributed by atoms with Gasteiger partial charge >= 0.3 is 0 Å². The molecule has 0 radical (unpaired) electrons. The number of aliphatic hydroxyl groups is 1. The highest BCUT2D eigenvalue weighted by Gasteiger charge is 2.25. The van der Waals surface area contributed by atoms with Gasteiger partial charge in [-0.2, -0.15) is 0 Å². The average Bonchev–Trinajstić information content (AvgIpc) is 2.30. The van der Waals surface area contributed by atoms with E-state index in [-0.39, 0.29) is 18.1 Å². The SMILES string of the molecule is C#CC(CCC)NCC(CC)(CC)CO. The summed E-state index contributed by atoms with van der Waals surface area (Å²) in [4.78, 5) is 0. The summed E-state index contributed by atoms with van der Waals surface area (Å²) in [6.07, 6.45) is 9.50. The molecule has 2 N–H and O–H groups in total. The summed E-state index contributed by atoms with van der Waals surface area (Å²) in [6.45, 7) is 7.41. The maximum Gasteiger partial charge on any atom is 0.0687 e. The van der Waals surface area contributed by atoms with Gasteiger partial charge in [0.25, 0.3) is 0 Å². The maximum absolute atomic E-state index is 9.40. The van der Waals surface area contributed by atoms with Crippen LogP contribution in [0.15, 0.2) is 0 Å². The summed E-state index contributed by atoms with van der Waals surface area (Å²) in [7, 11) is 0. The van der Waals surface area contributed by atoms with Crippen molar-refractivity contribution in [3.05, 3.63) is 0 Å². The Balaban J connectivity index is 4.14. The molecule has 2 heteroatoms. The van der Waals surface area contributed by atoms with Gasteiger partial charge in [0.2, 0.25) is 0 Å². The standard InChI is InChI=1S/C13H25NO/c1-5-9-12(6-2)14-10-13(7-3,8-4)11-15/h2,12,14-15H,5,7-11H2,1,3-4H3. The highest BCUT2D eigenvalue weighted by Crippen LogP contribution is 2.24. The number of terminal acetylenes is 1. The molecule has 2 nitrogen and oxygen atoms in total. The van der Waals surface area contributed by atoms with Crippen LogP contribution < -0.4 is 5.32 Å². The van der Waals surface area contributed by atoms with E-state index in [1.54, 1.807) is 0 Å². The first kappa shape index (κ1) is 14.5. The molecule has 1 unspecified atom stereocenters. The van der Waals surface area contributed by atoms with Crippen LogP contribution in [0.25, 0.3) is 0 Å². The first-order chi connectivity index (χ1) is 7.17. The lowest BCUT2D eigenvalue weighted by atomic mass is 9.83. The van der Waals surface area contributed by atoms with Gasteiger partial charge in [0.1, 0.15) is 0 Å². The Hall–Kier alpha value is -0.520. The van der Waals surface area contributed by atoms with E-state index in [2.05, 4.69) is 32.0 Å². The van der Waals surface area contributed by atoms with Gasteiger partial charge in [-0.25, -0.2) is 0 Å². The zero-order valence-electron chi connectivity index (χ0n) is 10.3. The second-order valence-corrected chi connectivity index (χ2v) is 4.25. The molecule has 0 amide bonds. The number of nitrogens with one attached hydrogen (secondary N) is 1. The van der Waals surface area contributed by atoms with Gasteiger partial charge in [0.15, 0.2) is 0 Å². The predicted octanol–water partition coefficient (Wildman–Crippen LogP) is 2.18. The van der Waals surface area contributed by atoms with Crippen LogP contribution in [0.3, 0.4) is 0 Å². The van der Waals surface area contributed by atoms with Crippen LogP contribution in [0.1, 0.15) is 46.5 Å². The van der Waals surface area contributed by atoms with E-state index in [1.807, 2.05) is 0 Å². The monoisotopic (exact) mass is 211 g/mol. The number of aliphatic hydroxyl groups excluding tert-OH is 1. The fourth-order valence-corrected chi connectivity index (χ4v) is 1.65. The van der Waals surface area contributed by atoms with E-state index < -0.39 is 0 Å². The van der Waals surface area contributed by atoms with Crippen molar-refractivity contribution in [1.29, 1.82) is 0 Å². The minimum Gasteiger partial charge on any atom is -0.396 e. The van der Waals surface area contributed by atoms with Crippen molar-refractivity contribution in [3.63, 3.8) is 0 Å². The van der Waals surface area contributed by atoms with Crippen molar-refractivity contribution in [2.24, 2.45) is 5.41 Å². The normalized spacial score (nSPS) is 13.5. The van der Waals surface area contributed by atoms with Crippen molar-refractivity contribution in [2.75, 3.05) is 13.2 Å². The van der Waals surface area contributed by atoms with Crippen molar-refractivity contribution in [2.45, 2.75) is 52.5 Å². The van der Waals surface area contributed by atoms with Crippen LogP contribution in [0, 0.1) is 17.8 Å². The molecule has 15 heavy (non-hydrogen) atoms. The molecule has 0 fully saturated rings. The molecule has 0 rings (SSSR count). The third-order valence-electron chi connectivity index (χ3n) is 3.34. The maximum atomic E-state index is 9.40. The van der Waals surface area contributed by atoms with E-state index in [0.717, 1.165) is 32.2 Å². The van der Waals surface area contributed by atoms with Crippen LogP contribution in [-0.4, -0.2) is 24.3 Å². The van der Waals surface area contributed by atoms with Crippen LogP contribution in [0.5, 0.6) is 0 Å². The summed E-state index contributed by atoms with van der Waals surface area (Å²) >= 11 is 0. The van der Waals surface area contributed by atoms with Gasteiger partial charge in [-0.05, 0) is 19.3 Å². The van der Waals surface area contributed by atoms with Crippen molar-refractivity contribution >= 4 is 0 Å². The van der Waals surface area contributed by atoms with Gasteiger partial charge in [0.05, 0.1) is 6.04 Å². The molecule has 0 saturated carbocycles. The lowest BCUT2D eigenvalue weighted by Crippen LogP contribution is -2.40. The Morgan fingerprint density at radius 2 is 1.93 bits per heavy atom. The Morgan fingerprint density at radius 3 is 2.27 bits per heavy atom. The fourth-order valence-electron chi connectivity index (χ4n) is 1.65. The zero-order chi connectivity index (χ0) is 11.7. The lowest BCUT2D eigenvalue weighted by Gasteiger charge is -2.31. The third kappa shape index (κ3) is 4.68. The van der Waals surface area contributed by atoms with Crippen molar-refractivity contribution < 1.29 is 5.11 Å². The van der Waals surface area contributed by atoms with E-state index in [0.29, 0.717) is 0 Å². The molecule has 0 bridgehead atoms. The summed E-state index contributed by atoms with van der Waals surface area (Å²) in [5, 5.41) is 12.8. The predicted molar refractivity (Wildman–Crippen MR) is 65.6 cm³/mol. The number of hydrogen-bond acceptors (Lipinski definition) is 2. The van der Waals surface area contributed by atoms with E-state index in [4.69, 9.17) is 6.42 Å². The minimum atomic E-state index is 0.00282. The summed E-state index contributed by atoms with van der Waals surface area (Å²) in [6, 6.07) is 0.152. The van der Waals surface area contributed by atoms with Crippen molar-refractivity contribution in [3.8, 4) is 12.3 Å². The molecule has 0 aliphatic carbocycles. The molecule has 0 spiro atoms. The lowest BCUT2D eigenvalue weighted by molar-refractivity contribution is 0.111. The molecule has 0 saturated heterocycles. The van der Waals surface area contributed by atoms with Gasteiger partial charge in [-0.1, -0.05) is 33.1 Å². The van der Waals surface area contributed by atoms with Crippen LogP contribution in [-0.2, 0) is 0 Å². The molecule has 0 aliphatic heterocycles. The highest BCUT2D eigenvalue weighted by molar-refractivity contribution is 4.99. The molecular formula is C13H25NO. The first-order valence-electron chi connectivity index (χ1n) is 5.98. The average molecular weight is 211 g/mol. The molecule has 0 heterocycles. The summed E-state index contributed by atoms with van der Waals surface area (Å²) in [5.41, 5.74) is 0.00282. The second kappa shape index (κ2) is 7.73. The molecule has 0 aromatic heterocycles. The molecule has 0 aromatic carbocycles. The zero-order valence-corrected chi connectivity index (χ0v) is 10.3. The summed E-state index contributed by atoms with van der Waals surface area (Å²) < 4.78 is 0. The molecule has 1 atom stereocenters. The van der Waals surface area contributed by atoms with Crippen LogP contribution in [0.2, 0.25) is 0 Å². The Morgan fingerprint density at radius 1 is 1.33 bits per heavy atom. The number of rotatable bonds is 8. The second-order valence-electron chi connectivity index (χ2n) is 4.25. The minimum absolute atomic E-state index is 0.00282. The quantitative estimate of drug-likeness (QED) is 0.603. The Kier molecular flexibility index (Phi) is 7.46. The van der Waals surface area contributed by atoms with Gasteiger partial charge < -0.3 is 10.4 Å². The highest BCUT2D eigenvalue weighted by atomic mass is 16.3. The fraction of sp³-hybridized carbons (Fsp3) is 0.846. The Labute approximate surface area is 94.5 Å². The van der Waals surface area contributed by atoms with E-state index in [9.17, 15) is 5.11 Å². The van der Waals surface area contributed by atoms with Crippen LogP contribution >= 0.6 is 0 Å². The summed E-state index contributed by atoms with van der Waals surface area (Å²) in [5.74, 6) is 2.76. The van der Waals surface area contributed by atoms with E-state index in [1.165, 1.54) is 0 Å². The largest absolute Gasteiger partial charge is 0.396 e. The van der Waals surface area contributed by atoms with Gasteiger partial charge in [-0.3, -0.25) is 0 Å². The van der Waals surface area contributed by atoms with E-state index >= 15 is 0 Å². The molecule has 0 aromatic rings. The molecule has 88 valence electrons. The molecular weight excluding hydrogens is 186 g/mol. The topological polar surface area (TPSA) is 32.3 Å². The third-order valence-corrected chi connectivity index (χ3v) is 3.34. The smallest absolute Gasteiger partial charge is 0.0687 e. The van der Waals surface area contributed by atoms with Crippen molar-refractivity contribution in [1.82, 2.24) is 5.32 Å². The Bertz CT molecular complexity index is 183. The molecule has 0 aliphatic rings. The van der Waals surface area contributed by atoms with Gasteiger partial charge in [-0.15, -0.1) is 6.42 Å². The first-order valence-corrected chi connectivity index (χ1v) is 5.98. The van der Waals surface area contributed by atoms with Gasteiger partial charge in [0, 0.05) is 18.6 Å².